The van der Waals surface area contributed by atoms with Gasteiger partial charge in [0.05, 0.1) is 0 Å². The molecule has 0 bridgehead atoms. The van der Waals surface area contributed by atoms with E-state index in [2.05, 4.69) is 10.3 Å². The summed E-state index contributed by atoms with van der Waals surface area (Å²) in [7, 11) is 3.93. The fourth-order valence-corrected chi connectivity index (χ4v) is 2.23. The van der Waals surface area contributed by atoms with Crippen molar-refractivity contribution in [1.82, 2.24) is 15.2 Å². The van der Waals surface area contributed by atoms with Gasteiger partial charge in [-0.2, -0.15) is 0 Å². The van der Waals surface area contributed by atoms with Crippen LogP contribution in [-0.4, -0.2) is 42.5 Å². The van der Waals surface area contributed by atoms with Crippen LogP contribution in [0.15, 0.2) is 30.3 Å². The van der Waals surface area contributed by atoms with Crippen LogP contribution in [0, 0.1) is 0 Å². The van der Waals surface area contributed by atoms with Crippen molar-refractivity contribution in [3.8, 4) is 0 Å². The molecule has 0 aliphatic carbocycles. The molecule has 1 atom stereocenters. The molecule has 0 aliphatic rings. The summed E-state index contributed by atoms with van der Waals surface area (Å²) in [5.41, 5.74) is 6.26. The number of nitrogen functional groups attached to an aromatic ring is 1. The quantitative estimate of drug-likeness (QED) is 0.884. The van der Waals surface area contributed by atoms with E-state index < -0.39 is 0 Å². The van der Waals surface area contributed by atoms with Gasteiger partial charge in [0.15, 0.2) is 0 Å². The summed E-state index contributed by atoms with van der Waals surface area (Å²) in [6, 6.07) is 9.45. The average Bonchev–Trinajstić information content (AvgIpc) is 2.37. The lowest BCUT2D eigenvalue weighted by atomic mass is 10.1. The van der Waals surface area contributed by atoms with Crippen LogP contribution in [0.1, 0.15) is 17.4 Å². The Bertz CT molecular complexity index is 624. The maximum Gasteiger partial charge on any atom is 0.270 e. The van der Waals surface area contributed by atoms with Crippen LogP contribution in [0.5, 0.6) is 0 Å². The first-order valence-corrected chi connectivity index (χ1v) is 6.58. The molecular formula is C15H20N4O. The first-order chi connectivity index (χ1) is 9.47. The van der Waals surface area contributed by atoms with E-state index in [1.807, 2.05) is 50.2 Å². The van der Waals surface area contributed by atoms with Crippen LogP contribution in [0.2, 0.25) is 0 Å². The number of aromatic nitrogens is 1. The highest BCUT2D eigenvalue weighted by Gasteiger charge is 2.13. The molecular weight excluding hydrogens is 252 g/mol. The zero-order chi connectivity index (χ0) is 14.7. The van der Waals surface area contributed by atoms with Crippen molar-refractivity contribution in [3.05, 3.63) is 36.0 Å². The standard InChI is InChI=1S/C15H20N4O/c1-10(9-19(2)3)17-15(20)13-8-11-6-4-5-7-12(11)14(16)18-13/h4-8,10H,9H2,1-3H3,(H2,16,18)(H,17,20). The lowest BCUT2D eigenvalue weighted by Gasteiger charge is -2.18. The van der Waals surface area contributed by atoms with Crippen LogP contribution in [-0.2, 0) is 0 Å². The minimum atomic E-state index is -0.197. The summed E-state index contributed by atoms with van der Waals surface area (Å²) in [6.07, 6.45) is 0. The van der Waals surface area contributed by atoms with Gasteiger partial charge in [-0.3, -0.25) is 4.79 Å². The van der Waals surface area contributed by atoms with Crippen LogP contribution < -0.4 is 11.1 Å². The highest BCUT2D eigenvalue weighted by Crippen LogP contribution is 2.19. The van der Waals surface area contributed by atoms with Crippen molar-refractivity contribution < 1.29 is 4.79 Å². The van der Waals surface area contributed by atoms with Gasteiger partial charge >= 0.3 is 0 Å². The number of nitrogens with zero attached hydrogens (tertiary/aromatic N) is 2. The maximum atomic E-state index is 12.2. The number of carbonyl (C=O) groups excluding carboxylic acids is 1. The molecule has 20 heavy (non-hydrogen) atoms. The molecule has 1 aromatic carbocycles. The third-order valence-electron chi connectivity index (χ3n) is 3.02. The summed E-state index contributed by atoms with van der Waals surface area (Å²) in [5, 5.41) is 4.71. The van der Waals surface area contributed by atoms with E-state index in [9.17, 15) is 4.79 Å². The molecule has 2 aromatic rings. The molecule has 0 fully saturated rings. The molecule has 1 amide bonds. The summed E-state index contributed by atoms with van der Waals surface area (Å²) >= 11 is 0. The van der Waals surface area contributed by atoms with E-state index in [4.69, 9.17) is 5.73 Å². The van der Waals surface area contributed by atoms with Gasteiger partial charge in [0.1, 0.15) is 11.5 Å². The van der Waals surface area contributed by atoms with Crippen molar-refractivity contribution in [3.63, 3.8) is 0 Å². The first kappa shape index (κ1) is 14.3. The number of nitrogens with two attached hydrogens (primary N) is 1. The number of pyridine rings is 1. The number of nitrogens with one attached hydrogen (secondary N) is 1. The van der Waals surface area contributed by atoms with Crippen molar-refractivity contribution in [1.29, 1.82) is 0 Å². The number of carbonyl (C=O) groups is 1. The molecule has 0 spiro atoms. The topological polar surface area (TPSA) is 71.2 Å². The molecule has 3 N–H and O–H groups in total. The third-order valence-corrected chi connectivity index (χ3v) is 3.02. The minimum Gasteiger partial charge on any atom is -0.383 e. The summed E-state index contributed by atoms with van der Waals surface area (Å²) < 4.78 is 0. The Morgan fingerprint density at radius 1 is 1.40 bits per heavy atom. The van der Waals surface area contributed by atoms with E-state index in [1.165, 1.54) is 0 Å². The predicted octanol–water partition coefficient (Wildman–Crippen LogP) is 1.50. The van der Waals surface area contributed by atoms with E-state index >= 15 is 0 Å². The fraction of sp³-hybridized carbons (Fsp3) is 0.333. The zero-order valence-electron chi connectivity index (χ0n) is 12.1. The molecule has 2 rings (SSSR count). The number of likely N-dealkylation sites (N-methyl/N-ethyl adjacent to an activating group) is 1. The van der Waals surface area contributed by atoms with Gasteiger partial charge < -0.3 is 16.0 Å². The van der Waals surface area contributed by atoms with Gasteiger partial charge in [-0.05, 0) is 32.5 Å². The molecule has 106 valence electrons. The second-order valence-corrected chi connectivity index (χ2v) is 5.25. The number of fused-ring (bicyclic) bond motifs is 1. The predicted molar refractivity (Wildman–Crippen MR) is 81.6 cm³/mol. The average molecular weight is 272 g/mol. The molecule has 1 unspecified atom stereocenters. The number of rotatable bonds is 4. The molecule has 1 heterocycles. The zero-order valence-corrected chi connectivity index (χ0v) is 12.1. The van der Waals surface area contributed by atoms with Gasteiger partial charge in [-0.1, -0.05) is 24.3 Å². The first-order valence-electron chi connectivity index (χ1n) is 6.58. The number of amides is 1. The van der Waals surface area contributed by atoms with Crippen LogP contribution >= 0.6 is 0 Å². The third kappa shape index (κ3) is 3.24. The summed E-state index contributed by atoms with van der Waals surface area (Å²) in [6.45, 7) is 2.73. The maximum absolute atomic E-state index is 12.2. The molecule has 5 nitrogen and oxygen atoms in total. The molecule has 1 aromatic heterocycles. The van der Waals surface area contributed by atoms with Crippen LogP contribution in [0.25, 0.3) is 10.8 Å². The van der Waals surface area contributed by atoms with Crippen molar-refractivity contribution in [2.45, 2.75) is 13.0 Å². The normalized spacial score (nSPS) is 12.6. The van der Waals surface area contributed by atoms with Crippen molar-refractivity contribution >= 4 is 22.5 Å². The molecule has 0 aliphatic heterocycles. The Hall–Kier alpha value is -2.14. The molecule has 5 heteroatoms. The van der Waals surface area contributed by atoms with Crippen LogP contribution in [0.4, 0.5) is 5.82 Å². The minimum absolute atomic E-state index is 0.0481. The molecule has 0 saturated heterocycles. The SMILES string of the molecule is CC(CN(C)C)NC(=O)c1cc2ccccc2c(N)n1. The monoisotopic (exact) mass is 272 g/mol. The second kappa shape index (κ2) is 5.88. The van der Waals surface area contributed by atoms with E-state index in [1.54, 1.807) is 6.07 Å². The summed E-state index contributed by atoms with van der Waals surface area (Å²) in [4.78, 5) is 18.4. The van der Waals surface area contributed by atoms with Gasteiger partial charge in [0.2, 0.25) is 0 Å². The lowest BCUT2D eigenvalue weighted by molar-refractivity contribution is 0.0929. The highest BCUT2D eigenvalue weighted by atomic mass is 16.1. The van der Waals surface area contributed by atoms with Gasteiger partial charge in [-0.25, -0.2) is 4.98 Å². The van der Waals surface area contributed by atoms with E-state index in [-0.39, 0.29) is 11.9 Å². The highest BCUT2D eigenvalue weighted by molar-refractivity contribution is 5.99. The smallest absolute Gasteiger partial charge is 0.270 e. The van der Waals surface area contributed by atoms with E-state index in [0.717, 1.165) is 17.3 Å². The van der Waals surface area contributed by atoms with Gasteiger partial charge in [0.25, 0.3) is 5.91 Å². The largest absolute Gasteiger partial charge is 0.383 e. The van der Waals surface area contributed by atoms with Gasteiger partial charge in [-0.15, -0.1) is 0 Å². The number of hydrogen-bond acceptors (Lipinski definition) is 4. The Morgan fingerprint density at radius 2 is 2.10 bits per heavy atom. The fourth-order valence-electron chi connectivity index (χ4n) is 2.23. The van der Waals surface area contributed by atoms with Crippen molar-refractivity contribution in [2.24, 2.45) is 0 Å². The number of anilines is 1. The molecule has 0 saturated carbocycles. The summed E-state index contributed by atoms with van der Waals surface area (Å²) in [5.74, 6) is 0.185. The Kier molecular flexibility index (Phi) is 4.20. The Balaban J connectivity index is 2.22. The number of hydrogen-bond donors (Lipinski definition) is 2. The second-order valence-electron chi connectivity index (χ2n) is 5.25. The Morgan fingerprint density at radius 3 is 2.80 bits per heavy atom. The van der Waals surface area contributed by atoms with E-state index in [0.29, 0.717) is 11.5 Å². The lowest BCUT2D eigenvalue weighted by Crippen LogP contribution is -2.39. The van der Waals surface area contributed by atoms with Gasteiger partial charge in [0, 0.05) is 18.0 Å². The van der Waals surface area contributed by atoms with Crippen molar-refractivity contribution in [2.75, 3.05) is 26.4 Å². The van der Waals surface area contributed by atoms with Crippen LogP contribution in [0.3, 0.4) is 0 Å². The number of benzene rings is 1. The molecule has 0 radical (unpaired) electrons. The Labute approximate surface area is 118 Å².